The van der Waals surface area contributed by atoms with E-state index < -0.39 is 0 Å². The van der Waals surface area contributed by atoms with Gasteiger partial charge in [-0.25, -0.2) is 0 Å². The number of nitrogens with one attached hydrogen (secondary N) is 2. The molecule has 1 saturated carbocycles. The van der Waals surface area contributed by atoms with Crippen LogP contribution in [0.4, 0.5) is 0 Å². The van der Waals surface area contributed by atoms with Crippen molar-refractivity contribution in [1.82, 2.24) is 10.6 Å². The van der Waals surface area contributed by atoms with Crippen molar-refractivity contribution in [2.45, 2.75) is 57.7 Å². The lowest BCUT2D eigenvalue weighted by Crippen LogP contribution is -2.69. The summed E-state index contributed by atoms with van der Waals surface area (Å²) in [5.41, 5.74) is 0.0389. The van der Waals surface area contributed by atoms with Crippen molar-refractivity contribution < 1.29 is 9.47 Å². The predicted octanol–water partition coefficient (Wildman–Crippen LogP) is 1.53. The number of rotatable bonds is 3. The SMILES string of the molecule is CN=C(NC1CCOCC1)NC1CC(C)(OC)C1(C)C. The van der Waals surface area contributed by atoms with E-state index in [1.807, 2.05) is 7.05 Å². The molecule has 0 aromatic heterocycles. The molecule has 2 atom stereocenters. The van der Waals surface area contributed by atoms with Crippen LogP contribution in [0.25, 0.3) is 0 Å². The lowest BCUT2D eigenvalue weighted by molar-refractivity contribution is -0.176. The molecule has 2 N–H and O–H groups in total. The number of nitrogens with zero attached hydrogens (tertiary/aromatic N) is 1. The van der Waals surface area contributed by atoms with Crippen LogP contribution in [0.2, 0.25) is 0 Å². The highest BCUT2D eigenvalue weighted by Gasteiger charge is 2.58. The van der Waals surface area contributed by atoms with Gasteiger partial charge in [0.25, 0.3) is 0 Å². The summed E-state index contributed by atoms with van der Waals surface area (Å²) < 4.78 is 11.1. The Balaban J connectivity index is 1.88. The van der Waals surface area contributed by atoms with Crippen molar-refractivity contribution >= 4 is 5.96 Å². The first-order valence-electron chi connectivity index (χ1n) is 7.55. The van der Waals surface area contributed by atoms with E-state index in [1.54, 1.807) is 7.11 Å². The molecule has 1 aliphatic carbocycles. The van der Waals surface area contributed by atoms with Gasteiger partial charge >= 0.3 is 0 Å². The standard InChI is InChI=1S/C15H29N3O2/c1-14(2)12(10-15(14,3)19-5)18-13(16-4)17-11-6-8-20-9-7-11/h11-12H,6-10H2,1-5H3,(H2,16,17,18). The predicted molar refractivity (Wildman–Crippen MR) is 81.1 cm³/mol. The van der Waals surface area contributed by atoms with Crippen LogP contribution >= 0.6 is 0 Å². The van der Waals surface area contributed by atoms with E-state index in [0.717, 1.165) is 38.4 Å². The molecule has 0 aromatic carbocycles. The summed E-state index contributed by atoms with van der Waals surface area (Å²) in [6.07, 6.45) is 3.10. The van der Waals surface area contributed by atoms with Crippen molar-refractivity contribution in [3.05, 3.63) is 0 Å². The Morgan fingerprint density at radius 2 is 1.85 bits per heavy atom. The van der Waals surface area contributed by atoms with Crippen molar-refractivity contribution in [3.63, 3.8) is 0 Å². The Bertz CT molecular complexity index is 364. The summed E-state index contributed by atoms with van der Waals surface area (Å²) in [5, 5.41) is 7.05. The maximum atomic E-state index is 5.67. The zero-order valence-corrected chi connectivity index (χ0v) is 13.5. The normalized spacial score (nSPS) is 34.5. The zero-order valence-electron chi connectivity index (χ0n) is 13.5. The molecule has 5 nitrogen and oxygen atoms in total. The van der Waals surface area contributed by atoms with E-state index in [9.17, 15) is 0 Å². The molecule has 2 rings (SSSR count). The van der Waals surface area contributed by atoms with Crippen LogP contribution < -0.4 is 10.6 Å². The first-order chi connectivity index (χ1) is 9.43. The summed E-state index contributed by atoms with van der Waals surface area (Å²) in [6, 6.07) is 0.852. The Kier molecular flexibility index (Phi) is 4.59. The van der Waals surface area contributed by atoms with Gasteiger partial charge in [-0.2, -0.15) is 0 Å². The fourth-order valence-corrected chi connectivity index (χ4v) is 3.09. The molecule has 0 radical (unpaired) electrons. The average Bonchev–Trinajstić information content (AvgIpc) is 2.46. The van der Waals surface area contributed by atoms with E-state index in [-0.39, 0.29) is 11.0 Å². The number of hydrogen-bond acceptors (Lipinski definition) is 3. The van der Waals surface area contributed by atoms with E-state index in [1.165, 1.54) is 0 Å². The van der Waals surface area contributed by atoms with Crippen LogP contribution in [-0.4, -0.2) is 51.0 Å². The van der Waals surface area contributed by atoms with Gasteiger partial charge < -0.3 is 20.1 Å². The molecule has 1 aliphatic heterocycles. The highest BCUT2D eigenvalue weighted by atomic mass is 16.5. The maximum absolute atomic E-state index is 5.67. The van der Waals surface area contributed by atoms with Crippen molar-refractivity contribution in [1.29, 1.82) is 0 Å². The van der Waals surface area contributed by atoms with Crippen molar-refractivity contribution in [3.8, 4) is 0 Å². The van der Waals surface area contributed by atoms with Crippen LogP contribution in [0.1, 0.15) is 40.0 Å². The summed E-state index contributed by atoms with van der Waals surface area (Å²) in [4.78, 5) is 4.36. The minimum Gasteiger partial charge on any atom is -0.381 e. The molecular formula is C15H29N3O2. The number of guanidine groups is 1. The smallest absolute Gasteiger partial charge is 0.191 e. The fourth-order valence-electron chi connectivity index (χ4n) is 3.09. The number of aliphatic imine (C=N–C) groups is 1. The van der Waals surface area contributed by atoms with Gasteiger partial charge in [0.2, 0.25) is 0 Å². The monoisotopic (exact) mass is 283 g/mol. The van der Waals surface area contributed by atoms with Gasteiger partial charge in [-0.15, -0.1) is 0 Å². The largest absolute Gasteiger partial charge is 0.381 e. The molecule has 2 unspecified atom stereocenters. The topological polar surface area (TPSA) is 54.9 Å². The lowest BCUT2D eigenvalue weighted by atomic mass is 9.56. The quantitative estimate of drug-likeness (QED) is 0.609. The zero-order chi connectivity index (χ0) is 14.8. The molecule has 0 amide bonds. The van der Waals surface area contributed by atoms with E-state index in [0.29, 0.717) is 12.1 Å². The third kappa shape index (κ3) is 2.79. The third-order valence-corrected chi connectivity index (χ3v) is 5.38. The number of hydrogen-bond donors (Lipinski definition) is 2. The van der Waals surface area contributed by atoms with Crippen molar-refractivity contribution in [2.24, 2.45) is 10.4 Å². The first kappa shape index (κ1) is 15.6. The van der Waals surface area contributed by atoms with Gasteiger partial charge in [-0.3, -0.25) is 4.99 Å². The second-order valence-electron chi connectivity index (χ2n) is 6.66. The van der Waals surface area contributed by atoms with Crippen LogP contribution in [-0.2, 0) is 9.47 Å². The highest BCUT2D eigenvalue weighted by Crippen LogP contribution is 2.51. The van der Waals surface area contributed by atoms with Gasteiger partial charge in [0.1, 0.15) is 0 Å². The van der Waals surface area contributed by atoms with Crippen LogP contribution in [0.15, 0.2) is 4.99 Å². The molecule has 0 aromatic rings. The second-order valence-corrected chi connectivity index (χ2v) is 6.66. The lowest BCUT2D eigenvalue weighted by Gasteiger charge is -2.59. The minimum atomic E-state index is -0.0534. The summed E-state index contributed by atoms with van der Waals surface area (Å²) >= 11 is 0. The molecule has 1 heterocycles. The van der Waals surface area contributed by atoms with Crippen LogP contribution in [0.3, 0.4) is 0 Å². The van der Waals surface area contributed by atoms with Gasteiger partial charge in [0, 0.05) is 44.9 Å². The first-order valence-corrected chi connectivity index (χ1v) is 7.55. The third-order valence-electron chi connectivity index (χ3n) is 5.38. The Morgan fingerprint density at radius 1 is 1.20 bits per heavy atom. The highest BCUT2D eigenvalue weighted by molar-refractivity contribution is 5.80. The van der Waals surface area contributed by atoms with Gasteiger partial charge in [0.15, 0.2) is 5.96 Å². The summed E-state index contributed by atoms with van der Waals surface area (Å²) in [6.45, 7) is 8.36. The fraction of sp³-hybridized carbons (Fsp3) is 0.933. The molecule has 2 aliphatic rings. The van der Waals surface area contributed by atoms with Crippen molar-refractivity contribution in [2.75, 3.05) is 27.4 Å². The van der Waals surface area contributed by atoms with Crippen LogP contribution in [0.5, 0.6) is 0 Å². The molecule has 2 fully saturated rings. The molecule has 116 valence electrons. The molecule has 20 heavy (non-hydrogen) atoms. The minimum absolute atomic E-state index is 0.0534. The molecule has 5 heteroatoms. The van der Waals surface area contributed by atoms with E-state index in [4.69, 9.17) is 9.47 Å². The summed E-state index contributed by atoms with van der Waals surface area (Å²) in [7, 11) is 3.63. The number of methoxy groups -OCH3 is 1. The second kappa shape index (κ2) is 5.90. The van der Waals surface area contributed by atoms with Crippen LogP contribution in [0, 0.1) is 5.41 Å². The van der Waals surface area contributed by atoms with Gasteiger partial charge in [-0.1, -0.05) is 13.8 Å². The van der Waals surface area contributed by atoms with E-state index >= 15 is 0 Å². The molecular weight excluding hydrogens is 254 g/mol. The summed E-state index contributed by atoms with van der Waals surface area (Å²) in [5.74, 6) is 0.896. The molecule has 0 spiro atoms. The Hall–Kier alpha value is -0.810. The Morgan fingerprint density at radius 3 is 2.35 bits per heavy atom. The Labute approximate surface area is 122 Å². The average molecular weight is 283 g/mol. The van der Waals surface area contributed by atoms with Gasteiger partial charge in [0.05, 0.1) is 5.60 Å². The maximum Gasteiger partial charge on any atom is 0.191 e. The van der Waals surface area contributed by atoms with E-state index in [2.05, 4.69) is 36.4 Å². The molecule has 1 saturated heterocycles. The van der Waals surface area contributed by atoms with Gasteiger partial charge in [-0.05, 0) is 26.2 Å². The number of ether oxygens (including phenoxy) is 2. The molecule has 0 bridgehead atoms.